The van der Waals surface area contributed by atoms with Crippen LogP contribution in [-0.2, 0) is 30.8 Å². The Morgan fingerprint density at radius 3 is 2.55 bits per heavy atom. The number of benzene rings is 2. The maximum atomic E-state index is 15.2. The van der Waals surface area contributed by atoms with E-state index >= 15 is 4.39 Å². The molecule has 12 heteroatoms. The number of nitrogens with two attached hydrogens (primary N) is 1. The quantitative estimate of drug-likeness (QED) is 0.165. The molecule has 11 nitrogen and oxygen atoms in total. The van der Waals surface area contributed by atoms with Gasteiger partial charge in [0.2, 0.25) is 0 Å². The molecule has 0 aliphatic carbocycles. The number of primary amides is 1. The lowest BCUT2D eigenvalue weighted by atomic mass is 10.00. The topological polar surface area (TPSA) is 145 Å². The van der Waals surface area contributed by atoms with Crippen molar-refractivity contribution < 1.29 is 23.5 Å². The molecule has 1 aliphatic rings. The number of carbonyl (C=O) groups is 3. The molecule has 1 aliphatic heterocycles. The normalized spacial score (nSPS) is 13.4. The molecule has 0 spiro atoms. The Morgan fingerprint density at radius 2 is 1.82 bits per heavy atom. The van der Waals surface area contributed by atoms with Gasteiger partial charge in [0.05, 0.1) is 23.8 Å². The fourth-order valence-electron chi connectivity index (χ4n) is 6.22. The van der Waals surface area contributed by atoms with E-state index in [0.717, 1.165) is 40.8 Å². The molecule has 2 amide bonds. The third kappa shape index (κ3) is 7.19. The van der Waals surface area contributed by atoms with E-state index in [0.29, 0.717) is 54.7 Å². The molecule has 49 heavy (non-hydrogen) atoms. The van der Waals surface area contributed by atoms with Crippen molar-refractivity contribution in [3.63, 3.8) is 0 Å². The smallest absolute Gasteiger partial charge is 0.273 e. The Bertz CT molecular complexity index is 2020. The van der Waals surface area contributed by atoms with Crippen molar-refractivity contribution in [2.75, 3.05) is 18.5 Å². The van der Waals surface area contributed by atoms with Crippen molar-refractivity contribution in [1.29, 1.82) is 0 Å². The summed E-state index contributed by atoms with van der Waals surface area (Å²) in [4.78, 5) is 48.7. The first-order valence-corrected chi connectivity index (χ1v) is 16.4. The van der Waals surface area contributed by atoms with Gasteiger partial charge in [0.15, 0.2) is 5.65 Å². The largest absolute Gasteiger partial charge is 0.381 e. The van der Waals surface area contributed by atoms with Crippen molar-refractivity contribution in [3.8, 4) is 11.1 Å². The van der Waals surface area contributed by atoms with Crippen LogP contribution < -0.4 is 11.1 Å². The molecule has 0 unspecified atom stereocenters. The molecule has 3 aromatic heterocycles. The van der Waals surface area contributed by atoms with Gasteiger partial charge in [-0.2, -0.15) is 5.10 Å². The van der Waals surface area contributed by atoms with E-state index in [-0.39, 0.29) is 30.5 Å². The van der Waals surface area contributed by atoms with Crippen molar-refractivity contribution >= 4 is 34.8 Å². The molecule has 3 N–H and O–H groups in total. The lowest BCUT2D eigenvalue weighted by Crippen LogP contribution is -2.33. The number of aldehydes is 1. The van der Waals surface area contributed by atoms with Gasteiger partial charge >= 0.3 is 0 Å². The van der Waals surface area contributed by atoms with Crippen LogP contribution in [0.1, 0.15) is 74.8 Å². The molecule has 4 heterocycles. The highest BCUT2D eigenvalue weighted by Gasteiger charge is 2.26. The van der Waals surface area contributed by atoms with Gasteiger partial charge in [-0.25, -0.2) is 19.0 Å². The van der Waals surface area contributed by atoms with Gasteiger partial charge in [-0.15, -0.1) is 0 Å². The van der Waals surface area contributed by atoms with Gasteiger partial charge in [-0.1, -0.05) is 37.3 Å². The monoisotopic (exact) mass is 663 g/mol. The zero-order chi connectivity index (χ0) is 34.5. The summed E-state index contributed by atoms with van der Waals surface area (Å²) in [6, 6.07) is 16.1. The lowest BCUT2D eigenvalue weighted by molar-refractivity contribution is 0.0723. The summed E-state index contributed by atoms with van der Waals surface area (Å²) < 4.78 is 22.7. The number of aromatic nitrogens is 4. The third-order valence-electron chi connectivity index (χ3n) is 8.77. The van der Waals surface area contributed by atoms with Crippen LogP contribution >= 0.6 is 0 Å². The van der Waals surface area contributed by atoms with E-state index in [1.54, 1.807) is 53.6 Å². The molecule has 1 fully saturated rings. The highest BCUT2D eigenvalue weighted by molar-refractivity contribution is 5.96. The van der Waals surface area contributed by atoms with Gasteiger partial charge in [0.25, 0.3) is 11.8 Å². The SMILES string of the molecule is CCc1nc2c(cnn2CC)c(NC2CCOCC2)c1CN(Cc1ccc(F)c(-c2cccc(C=O)c2)c1)C(=O)c1cccc(C(N)=O)n1. The summed E-state index contributed by atoms with van der Waals surface area (Å²) in [7, 11) is 0. The van der Waals surface area contributed by atoms with Crippen molar-refractivity contribution in [2.24, 2.45) is 5.73 Å². The third-order valence-corrected chi connectivity index (χ3v) is 8.77. The van der Waals surface area contributed by atoms with Crippen LogP contribution in [0.2, 0.25) is 0 Å². The Kier molecular flexibility index (Phi) is 10.0. The minimum atomic E-state index is -0.749. The first-order valence-electron chi connectivity index (χ1n) is 16.4. The second-order valence-electron chi connectivity index (χ2n) is 12.0. The van der Waals surface area contributed by atoms with Gasteiger partial charge in [-0.3, -0.25) is 14.4 Å². The van der Waals surface area contributed by atoms with Crippen LogP contribution in [0.25, 0.3) is 22.2 Å². The van der Waals surface area contributed by atoms with Crippen LogP contribution in [0.4, 0.5) is 10.1 Å². The summed E-state index contributed by atoms with van der Waals surface area (Å²) in [6.45, 7) is 6.17. The maximum absolute atomic E-state index is 15.2. The fraction of sp³-hybridized carbons (Fsp3) is 0.297. The molecule has 2 aromatic carbocycles. The van der Waals surface area contributed by atoms with E-state index in [2.05, 4.69) is 15.4 Å². The minimum Gasteiger partial charge on any atom is -0.381 e. The van der Waals surface area contributed by atoms with Crippen LogP contribution in [0, 0.1) is 5.82 Å². The number of fused-ring (bicyclic) bond motifs is 1. The standard InChI is InChI=1S/C37H38FN7O4/c1-3-31-29(34(41-26-13-15-49-16-14-26)28-19-40-45(4-2)36(28)43-31)21-44(37(48)33-10-6-9-32(42-33)35(39)47)20-23-11-12-30(38)27(18-23)25-8-5-7-24(17-25)22-46/h5-12,17-19,22,26H,3-4,13-16,20-21H2,1-2H3,(H2,39,47)(H,41,43). The summed E-state index contributed by atoms with van der Waals surface area (Å²) in [5.74, 6) is -1.65. The number of anilines is 1. The number of hydrogen-bond acceptors (Lipinski definition) is 8. The van der Waals surface area contributed by atoms with Crippen LogP contribution in [-0.4, -0.2) is 62.0 Å². The summed E-state index contributed by atoms with van der Waals surface area (Å²) >= 11 is 0. The van der Waals surface area contributed by atoms with Crippen LogP contribution in [0.15, 0.2) is 66.9 Å². The molecule has 6 rings (SSSR count). The van der Waals surface area contributed by atoms with Crippen LogP contribution in [0.5, 0.6) is 0 Å². The van der Waals surface area contributed by atoms with Crippen molar-refractivity contribution in [2.45, 2.75) is 58.8 Å². The number of amides is 2. The van der Waals surface area contributed by atoms with E-state index < -0.39 is 17.6 Å². The van der Waals surface area contributed by atoms with Crippen LogP contribution in [0.3, 0.4) is 0 Å². The Labute approximate surface area is 283 Å². The molecule has 252 valence electrons. The molecule has 0 bridgehead atoms. The summed E-state index contributed by atoms with van der Waals surface area (Å²) in [5.41, 5.74) is 10.7. The summed E-state index contributed by atoms with van der Waals surface area (Å²) in [6.07, 6.45) is 4.75. The highest BCUT2D eigenvalue weighted by Crippen LogP contribution is 2.33. The Morgan fingerprint density at radius 1 is 1.04 bits per heavy atom. The lowest BCUT2D eigenvalue weighted by Gasteiger charge is -2.29. The van der Waals surface area contributed by atoms with Gasteiger partial charge in [0.1, 0.15) is 23.5 Å². The second-order valence-corrected chi connectivity index (χ2v) is 12.0. The van der Waals surface area contributed by atoms with E-state index in [1.807, 2.05) is 18.5 Å². The predicted octanol–water partition coefficient (Wildman–Crippen LogP) is 5.56. The number of halogens is 1. The number of nitrogens with one attached hydrogen (secondary N) is 1. The molecular weight excluding hydrogens is 625 g/mol. The van der Waals surface area contributed by atoms with Gasteiger partial charge in [0, 0.05) is 54.7 Å². The molecule has 5 aromatic rings. The molecule has 1 saturated heterocycles. The molecular formula is C37H38FN7O4. The Hall–Kier alpha value is -5.49. The van der Waals surface area contributed by atoms with Gasteiger partial charge < -0.3 is 20.7 Å². The average Bonchev–Trinajstić information content (AvgIpc) is 3.55. The zero-order valence-corrected chi connectivity index (χ0v) is 27.5. The molecule has 0 saturated carbocycles. The number of rotatable bonds is 12. The Balaban J connectivity index is 1.46. The van der Waals surface area contributed by atoms with E-state index in [4.69, 9.17) is 15.5 Å². The van der Waals surface area contributed by atoms with E-state index in [1.165, 1.54) is 18.2 Å². The maximum Gasteiger partial charge on any atom is 0.273 e. The summed E-state index contributed by atoms with van der Waals surface area (Å²) in [5, 5.41) is 9.20. The van der Waals surface area contributed by atoms with Crippen molar-refractivity contribution in [3.05, 3.63) is 106 Å². The number of aryl methyl sites for hydroxylation is 2. The number of hydrogen-bond donors (Lipinski definition) is 2. The highest BCUT2D eigenvalue weighted by atomic mass is 19.1. The van der Waals surface area contributed by atoms with Gasteiger partial charge in [-0.05, 0) is 67.6 Å². The first kappa shape index (κ1) is 33.4. The number of carbonyl (C=O) groups excluding carboxylic acids is 3. The number of nitrogens with zero attached hydrogens (tertiary/aromatic N) is 5. The van der Waals surface area contributed by atoms with Crippen molar-refractivity contribution in [1.82, 2.24) is 24.6 Å². The predicted molar refractivity (Wildman–Crippen MR) is 184 cm³/mol. The fourth-order valence-corrected chi connectivity index (χ4v) is 6.22. The second kappa shape index (κ2) is 14.7. The first-order chi connectivity index (χ1) is 23.8. The average molecular weight is 664 g/mol. The molecule has 0 atom stereocenters. The molecule has 0 radical (unpaired) electrons. The minimum absolute atomic E-state index is 0.0314. The number of ether oxygens (including phenoxy) is 1. The number of pyridine rings is 2. The zero-order valence-electron chi connectivity index (χ0n) is 27.5. The van der Waals surface area contributed by atoms with E-state index in [9.17, 15) is 14.4 Å².